The minimum Gasteiger partial charge on any atom is -0.410 e. The van der Waals surface area contributed by atoms with Crippen molar-refractivity contribution in [1.29, 1.82) is 5.41 Å². The highest BCUT2D eigenvalue weighted by Crippen LogP contribution is 2.53. The van der Waals surface area contributed by atoms with Gasteiger partial charge in [-0.1, -0.05) is 24.1 Å². The highest BCUT2D eigenvalue weighted by Gasteiger charge is 2.57. The zero-order chi connectivity index (χ0) is 29.9. The Morgan fingerprint density at radius 1 is 1.07 bits per heavy atom. The Bertz CT molecular complexity index is 1360. The van der Waals surface area contributed by atoms with E-state index >= 15 is 0 Å². The van der Waals surface area contributed by atoms with E-state index in [1.165, 1.54) is 43.7 Å². The highest BCUT2D eigenvalue weighted by atomic mass is 16.4. The molecule has 1 saturated heterocycles. The number of benzene rings is 1. The molecule has 0 bridgehead atoms. The third-order valence-electron chi connectivity index (χ3n) is 11.4. The van der Waals surface area contributed by atoms with Crippen LogP contribution in [0.1, 0.15) is 82.3 Å². The molecule has 1 unspecified atom stereocenters. The summed E-state index contributed by atoms with van der Waals surface area (Å²) >= 11 is 0. The van der Waals surface area contributed by atoms with Crippen molar-refractivity contribution in [3.63, 3.8) is 0 Å². The Morgan fingerprint density at radius 3 is 2.35 bits per heavy atom. The maximum atomic E-state index is 13.9. The van der Waals surface area contributed by atoms with Crippen molar-refractivity contribution in [2.24, 2.45) is 34.2 Å². The lowest BCUT2D eigenvalue weighted by Gasteiger charge is -2.49. The fourth-order valence-corrected chi connectivity index (χ4v) is 8.57. The number of carbonyl (C=O) groups is 3. The lowest BCUT2D eigenvalue weighted by molar-refractivity contribution is -0.124. The van der Waals surface area contributed by atoms with E-state index in [1.54, 1.807) is 0 Å². The number of rotatable bonds is 10. The number of amides is 4. The molecule has 1 aliphatic heterocycles. The van der Waals surface area contributed by atoms with Gasteiger partial charge in [0.25, 0.3) is 5.91 Å². The Balaban J connectivity index is 1.13. The standard InChI is InChI=1S/C33H44N6O4/c1-19(34)27(38-43)29(40)37-28(26(20-6-7-20)21-8-9-21)30(41)36-25-11-10-22-15-33(16-23(22)14-25,24-4-2-3-5-24)39-18-32(12-13-32)17-35-31(39)42/h10-11,14,20-21,24,26,28,34,43H,2-9,12-13,15-18H2,1H3,(H,35,42)(H,36,41)(H,37,40)/b34-19?,38-27+/t28-,33?/m0/s1. The van der Waals surface area contributed by atoms with Crippen LogP contribution in [0, 0.1) is 34.5 Å². The molecule has 4 saturated carbocycles. The van der Waals surface area contributed by atoms with E-state index in [1.807, 2.05) is 6.07 Å². The molecule has 43 heavy (non-hydrogen) atoms. The Labute approximate surface area is 252 Å². The lowest BCUT2D eigenvalue weighted by atomic mass is 9.77. The van der Waals surface area contributed by atoms with Crippen LogP contribution in [-0.4, -0.2) is 64.0 Å². The Hall–Kier alpha value is -3.43. The molecule has 5 aliphatic carbocycles. The molecule has 4 amide bonds. The van der Waals surface area contributed by atoms with E-state index in [2.05, 4.69) is 38.1 Å². The molecule has 5 N–H and O–H groups in total. The maximum absolute atomic E-state index is 13.9. The maximum Gasteiger partial charge on any atom is 0.317 e. The van der Waals surface area contributed by atoms with Crippen molar-refractivity contribution in [1.82, 2.24) is 15.5 Å². The van der Waals surface area contributed by atoms with Crippen LogP contribution in [0.15, 0.2) is 23.4 Å². The van der Waals surface area contributed by atoms with Crippen LogP contribution >= 0.6 is 0 Å². The third-order valence-corrected chi connectivity index (χ3v) is 11.4. The molecule has 1 spiro atoms. The molecule has 10 nitrogen and oxygen atoms in total. The number of hydrogen-bond donors (Lipinski definition) is 5. The molecule has 0 radical (unpaired) electrons. The van der Waals surface area contributed by atoms with Crippen molar-refractivity contribution < 1.29 is 19.6 Å². The van der Waals surface area contributed by atoms with Crippen LogP contribution in [0.2, 0.25) is 0 Å². The van der Waals surface area contributed by atoms with Gasteiger partial charge < -0.3 is 31.5 Å². The monoisotopic (exact) mass is 588 g/mol. The normalized spacial score (nSPS) is 27.2. The number of hydrogen-bond acceptors (Lipinski definition) is 6. The predicted molar refractivity (Wildman–Crippen MR) is 162 cm³/mol. The quantitative estimate of drug-likeness (QED) is 0.158. The summed E-state index contributed by atoms with van der Waals surface area (Å²) in [6.07, 6.45) is 12.9. The average molecular weight is 589 g/mol. The van der Waals surface area contributed by atoms with Gasteiger partial charge in [-0.3, -0.25) is 9.59 Å². The summed E-state index contributed by atoms with van der Waals surface area (Å²) in [6.45, 7) is 3.02. The number of urea groups is 1. The number of oxime groups is 1. The summed E-state index contributed by atoms with van der Waals surface area (Å²) in [5.74, 6) is 0.280. The molecule has 6 aliphatic rings. The van der Waals surface area contributed by atoms with E-state index in [9.17, 15) is 19.6 Å². The van der Waals surface area contributed by atoms with Gasteiger partial charge in [0, 0.05) is 24.2 Å². The van der Waals surface area contributed by atoms with Gasteiger partial charge >= 0.3 is 6.03 Å². The summed E-state index contributed by atoms with van der Waals surface area (Å²) in [5, 5.41) is 29.4. The first-order valence-corrected chi connectivity index (χ1v) is 16.3. The number of carbonyl (C=O) groups excluding carboxylic acids is 3. The highest BCUT2D eigenvalue weighted by molar-refractivity contribution is 6.65. The summed E-state index contributed by atoms with van der Waals surface area (Å²) in [7, 11) is 0. The summed E-state index contributed by atoms with van der Waals surface area (Å²) < 4.78 is 0. The minimum atomic E-state index is -0.777. The van der Waals surface area contributed by atoms with E-state index in [0.717, 1.165) is 64.5 Å². The number of anilines is 1. The molecular weight excluding hydrogens is 544 g/mol. The zero-order valence-corrected chi connectivity index (χ0v) is 25.1. The van der Waals surface area contributed by atoms with Crippen molar-refractivity contribution >= 4 is 35.0 Å². The van der Waals surface area contributed by atoms with Crippen molar-refractivity contribution in [2.75, 3.05) is 18.4 Å². The molecule has 0 aromatic heterocycles. The smallest absolute Gasteiger partial charge is 0.317 e. The van der Waals surface area contributed by atoms with Crippen molar-refractivity contribution in [3.8, 4) is 0 Å². The van der Waals surface area contributed by atoms with E-state index in [4.69, 9.17) is 5.41 Å². The largest absolute Gasteiger partial charge is 0.410 e. The van der Waals surface area contributed by atoms with E-state index < -0.39 is 11.9 Å². The minimum absolute atomic E-state index is 0.0201. The fraction of sp³-hybridized carbons (Fsp3) is 0.667. The van der Waals surface area contributed by atoms with Crippen LogP contribution in [-0.2, 0) is 22.4 Å². The average Bonchev–Trinajstić information content (AvgIpc) is 3.94. The number of nitrogens with one attached hydrogen (secondary N) is 4. The van der Waals surface area contributed by atoms with E-state index in [0.29, 0.717) is 23.4 Å². The van der Waals surface area contributed by atoms with Gasteiger partial charge in [0.05, 0.1) is 11.3 Å². The molecule has 1 aromatic carbocycles. The number of nitrogens with zero attached hydrogens (tertiary/aromatic N) is 2. The summed E-state index contributed by atoms with van der Waals surface area (Å²) in [6, 6.07) is 5.43. The van der Waals surface area contributed by atoms with Gasteiger partial charge in [-0.25, -0.2) is 4.79 Å². The van der Waals surface area contributed by atoms with Gasteiger partial charge in [0.2, 0.25) is 5.91 Å². The van der Waals surface area contributed by atoms with Gasteiger partial charge in [-0.05, 0) is 118 Å². The van der Waals surface area contributed by atoms with Crippen LogP contribution in [0.5, 0.6) is 0 Å². The zero-order valence-electron chi connectivity index (χ0n) is 25.1. The van der Waals surface area contributed by atoms with Crippen LogP contribution in [0.4, 0.5) is 10.5 Å². The second-order valence-corrected chi connectivity index (χ2v) is 14.4. The van der Waals surface area contributed by atoms with Gasteiger partial charge in [-0.2, -0.15) is 0 Å². The molecule has 230 valence electrons. The Morgan fingerprint density at radius 2 is 1.74 bits per heavy atom. The third kappa shape index (κ3) is 5.31. The SMILES string of the molecule is CC(=N)/C(=N\O)C(=O)N[C@H](C(=O)Nc1ccc2c(c1)CC(C1CCCC1)(N1CC3(CC3)CNC1=O)C2)C(C1CC1)C1CC1. The molecule has 1 heterocycles. The van der Waals surface area contributed by atoms with E-state index in [-0.39, 0.29) is 40.2 Å². The first-order valence-electron chi connectivity index (χ1n) is 16.3. The van der Waals surface area contributed by atoms with Crippen LogP contribution < -0.4 is 16.0 Å². The second-order valence-electron chi connectivity index (χ2n) is 14.4. The van der Waals surface area contributed by atoms with Gasteiger partial charge in [0.15, 0.2) is 5.71 Å². The van der Waals surface area contributed by atoms with Gasteiger partial charge in [-0.15, -0.1) is 0 Å². The molecule has 2 atom stereocenters. The molecule has 5 fully saturated rings. The second kappa shape index (κ2) is 10.6. The molecular formula is C33H44N6O4. The Kier molecular flexibility index (Phi) is 7.01. The molecule has 1 aromatic rings. The summed E-state index contributed by atoms with van der Waals surface area (Å²) in [4.78, 5) is 42.5. The topological polar surface area (TPSA) is 147 Å². The first-order chi connectivity index (χ1) is 20.7. The lowest BCUT2D eigenvalue weighted by Crippen LogP contribution is -2.64. The van der Waals surface area contributed by atoms with Crippen LogP contribution in [0.3, 0.4) is 0 Å². The molecule has 7 rings (SSSR count). The first kappa shape index (κ1) is 28.3. The summed E-state index contributed by atoms with van der Waals surface area (Å²) in [5.41, 5.74) is 2.60. The van der Waals surface area contributed by atoms with Crippen molar-refractivity contribution in [3.05, 3.63) is 29.3 Å². The van der Waals surface area contributed by atoms with Crippen molar-refractivity contribution in [2.45, 2.75) is 95.6 Å². The molecule has 10 heteroatoms. The fourth-order valence-electron chi connectivity index (χ4n) is 8.57. The predicted octanol–water partition coefficient (Wildman–Crippen LogP) is 4.25. The van der Waals surface area contributed by atoms with Crippen LogP contribution in [0.25, 0.3) is 0 Å². The van der Waals surface area contributed by atoms with Gasteiger partial charge in [0.1, 0.15) is 6.04 Å². The number of fused-ring (bicyclic) bond motifs is 1.